The second-order valence-corrected chi connectivity index (χ2v) is 6.71. The summed E-state index contributed by atoms with van der Waals surface area (Å²) >= 11 is 7.29. The topological polar surface area (TPSA) is 3.24 Å². The molecule has 74 valence electrons. The van der Waals surface area contributed by atoms with Gasteiger partial charge in [-0.3, -0.25) is 0 Å². The Morgan fingerprint density at radius 3 is 2.77 bits per heavy atom. The zero-order valence-electron chi connectivity index (χ0n) is 7.92. The van der Waals surface area contributed by atoms with E-state index in [9.17, 15) is 0 Å². The van der Waals surface area contributed by atoms with Crippen molar-refractivity contribution in [2.24, 2.45) is 0 Å². The zero-order chi connectivity index (χ0) is 9.68. The Balaban J connectivity index is 2.13. The van der Waals surface area contributed by atoms with Crippen molar-refractivity contribution in [2.75, 3.05) is 26.4 Å². The summed E-state index contributed by atoms with van der Waals surface area (Å²) in [6.07, 6.45) is 0. The predicted octanol–water partition coefficient (Wildman–Crippen LogP) is 3.31. The molecule has 13 heavy (non-hydrogen) atoms. The second kappa shape index (κ2) is 6.06. The minimum absolute atomic E-state index is 1.14. The van der Waals surface area contributed by atoms with E-state index in [1.165, 1.54) is 14.4 Å². The number of nitrogens with zero attached hydrogens (tertiary/aromatic N) is 1. The van der Waals surface area contributed by atoms with Crippen molar-refractivity contribution in [3.05, 3.63) is 20.8 Å². The molecular weight excluding hydrogens is 266 g/mol. The molecule has 1 rings (SSSR count). The van der Waals surface area contributed by atoms with Crippen molar-refractivity contribution >= 4 is 39.0 Å². The molecule has 0 radical (unpaired) electrons. The van der Waals surface area contributed by atoms with Crippen molar-refractivity contribution in [3.63, 3.8) is 0 Å². The molecule has 1 nitrogen and oxygen atoms in total. The van der Waals surface area contributed by atoms with Crippen molar-refractivity contribution in [2.45, 2.75) is 5.75 Å². The minimum atomic E-state index is 1.14. The van der Waals surface area contributed by atoms with Crippen molar-refractivity contribution in [1.82, 2.24) is 4.90 Å². The fraction of sp³-hybridized carbons (Fsp3) is 0.556. The lowest BCUT2D eigenvalue weighted by Gasteiger charge is -2.07. The number of hydrogen-bond acceptors (Lipinski definition) is 3. The molecule has 0 fully saturated rings. The summed E-state index contributed by atoms with van der Waals surface area (Å²) < 4.78 is 1.23. The number of thiophene rings is 1. The summed E-state index contributed by atoms with van der Waals surface area (Å²) in [5.41, 5.74) is 0. The lowest BCUT2D eigenvalue weighted by molar-refractivity contribution is 0.437. The molecule has 0 spiro atoms. The normalized spacial score (nSPS) is 11.1. The molecule has 0 saturated heterocycles. The molecule has 0 aliphatic carbocycles. The van der Waals surface area contributed by atoms with Crippen LogP contribution in [0.2, 0.25) is 0 Å². The van der Waals surface area contributed by atoms with E-state index in [4.69, 9.17) is 0 Å². The third kappa shape index (κ3) is 5.05. The van der Waals surface area contributed by atoms with Crippen LogP contribution in [0.15, 0.2) is 15.9 Å². The van der Waals surface area contributed by atoms with Gasteiger partial charge in [-0.15, -0.1) is 11.3 Å². The first-order chi connectivity index (χ1) is 6.18. The molecular formula is C9H14BrNS2. The van der Waals surface area contributed by atoms with Gasteiger partial charge in [0.2, 0.25) is 0 Å². The van der Waals surface area contributed by atoms with Crippen molar-refractivity contribution < 1.29 is 0 Å². The van der Waals surface area contributed by atoms with E-state index in [-0.39, 0.29) is 0 Å². The Morgan fingerprint density at radius 1 is 1.46 bits per heavy atom. The maximum atomic E-state index is 3.47. The Labute approximate surface area is 96.6 Å². The molecule has 0 aliphatic heterocycles. The fourth-order valence-corrected chi connectivity index (χ4v) is 3.55. The van der Waals surface area contributed by atoms with Crippen LogP contribution in [0.1, 0.15) is 4.88 Å². The van der Waals surface area contributed by atoms with Gasteiger partial charge in [-0.2, -0.15) is 11.8 Å². The van der Waals surface area contributed by atoms with Crippen LogP contribution < -0.4 is 0 Å². The van der Waals surface area contributed by atoms with Crippen LogP contribution in [0.5, 0.6) is 0 Å². The van der Waals surface area contributed by atoms with Crippen LogP contribution in [0, 0.1) is 0 Å². The lowest BCUT2D eigenvalue weighted by atomic mass is 10.5. The van der Waals surface area contributed by atoms with E-state index in [1.807, 2.05) is 23.1 Å². The minimum Gasteiger partial charge on any atom is -0.309 e. The zero-order valence-corrected chi connectivity index (χ0v) is 11.1. The van der Waals surface area contributed by atoms with Crippen LogP contribution in [0.25, 0.3) is 0 Å². The molecule has 1 aromatic rings. The highest BCUT2D eigenvalue weighted by atomic mass is 79.9. The first-order valence-electron chi connectivity index (χ1n) is 4.15. The van der Waals surface area contributed by atoms with Crippen molar-refractivity contribution in [3.8, 4) is 0 Å². The molecule has 1 heterocycles. The molecule has 0 aromatic carbocycles. The quantitative estimate of drug-likeness (QED) is 0.761. The third-order valence-corrected chi connectivity index (χ3v) is 4.35. The molecule has 0 N–H and O–H groups in total. The van der Waals surface area contributed by atoms with Gasteiger partial charge in [0.25, 0.3) is 0 Å². The highest BCUT2D eigenvalue weighted by molar-refractivity contribution is 9.11. The first-order valence-corrected chi connectivity index (χ1v) is 6.91. The van der Waals surface area contributed by atoms with E-state index in [0.29, 0.717) is 0 Å². The monoisotopic (exact) mass is 279 g/mol. The summed E-state index contributed by atoms with van der Waals surface area (Å²) in [6, 6.07) is 4.31. The smallest absolute Gasteiger partial charge is 0.0701 e. The lowest BCUT2D eigenvalue weighted by Crippen LogP contribution is -2.14. The fourth-order valence-electron chi connectivity index (χ4n) is 0.849. The third-order valence-electron chi connectivity index (χ3n) is 1.56. The van der Waals surface area contributed by atoms with Gasteiger partial charge in [0.1, 0.15) is 0 Å². The molecule has 4 heteroatoms. The van der Waals surface area contributed by atoms with Crippen molar-refractivity contribution in [1.29, 1.82) is 0 Å². The van der Waals surface area contributed by atoms with Gasteiger partial charge < -0.3 is 4.90 Å². The molecule has 1 aromatic heterocycles. The predicted molar refractivity (Wildman–Crippen MR) is 66.7 cm³/mol. The van der Waals surface area contributed by atoms with E-state index >= 15 is 0 Å². The van der Waals surface area contributed by atoms with Gasteiger partial charge in [0, 0.05) is 22.9 Å². The summed E-state index contributed by atoms with van der Waals surface area (Å²) in [7, 11) is 4.23. The molecule has 0 bridgehead atoms. The molecule has 0 atom stereocenters. The second-order valence-electron chi connectivity index (χ2n) is 3.06. The number of rotatable bonds is 5. The summed E-state index contributed by atoms with van der Waals surface area (Å²) in [5, 5.41) is 0. The van der Waals surface area contributed by atoms with E-state index < -0.39 is 0 Å². The van der Waals surface area contributed by atoms with E-state index in [1.54, 1.807) is 0 Å². The Bertz CT molecular complexity index is 248. The number of hydrogen-bond donors (Lipinski definition) is 0. The standard InChI is InChI=1S/C9H14BrNS2/c1-11(2)5-6-12-7-8-3-4-9(10)13-8/h3-4H,5-7H2,1-2H3. The van der Waals surface area contributed by atoms with Crippen LogP contribution in [0.4, 0.5) is 0 Å². The van der Waals surface area contributed by atoms with Gasteiger partial charge in [-0.1, -0.05) is 0 Å². The highest BCUT2D eigenvalue weighted by Crippen LogP contribution is 2.25. The van der Waals surface area contributed by atoms with E-state index in [0.717, 1.165) is 12.3 Å². The van der Waals surface area contributed by atoms with Gasteiger partial charge in [-0.05, 0) is 42.2 Å². The Morgan fingerprint density at radius 2 is 2.23 bits per heavy atom. The van der Waals surface area contributed by atoms with Crippen LogP contribution >= 0.6 is 39.0 Å². The molecule has 0 unspecified atom stereocenters. The molecule has 0 aliphatic rings. The molecule has 0 amide bonds. The largest absolute Gasteiger partial charge is 0.309 e. The summed E-state index contributed by atoms with van der Waals surface area (Å²) in [4.78, 5) is 3.67. The van der Waals surface area contributed by atoms with Gasteiger partial charge >= 0.3 is 0 Å². The van der Waals surface area contributed by atoms with E-state index in [2.05, 4.69) is 47.1 Å². The average Bonchev–Trinajstić information content (AvgIpc) is 2.45. The number of halogens is 1. The first kappa shape index (κ1) is 11.6. The Kier molecular flexibility index (Phi) is 5.39. The average molecular weight is 280 g/mol. The maximum absolute atomic E-state index is 3.47. The van der Waals surface area contributed by atoms with Crippen LogP contribution in [0.3, 0.4) is 0 Å². The Hall–Kier alpha value is 0.490. The van der Waals surface area contributed by atoms with Gasteiger partial charge in [0.15, 0.2) is 0 Å². The summed E-state index contributed by atoms with van der Waals surface area (Å²) in [5.74, 6) is 2.35. The molecule has 0 saturated carbocycles. The SMILES string of the molecule is CN(C)CCSCc1ccc(Br)s1. The maximum Gasteiger partial charge on any atom is 0.0701 e. The van der Waals surface area contributed by atoms with Gasteiger partial charge in [-0.25, -0.2) is 0 Å². The van der Waals surface area contributed by atoms with Crippen LogP contribution in [-0.2, 0) is 5.75 Å². The highest BCUT2D eigenvalue weighted by Gasteiger charge is 1.97. The number of thioether (sulfide) groups is 1. The van der Waals surface area contributed by atoms with Crippen LogP contribution in [-0.4, -0.2) is 31.3 Å². The van der Waals surface area contributed by atoms with Gasteiger partial charge in [0.05, 0.1) is 3.79 Å². The summed E-state index contributed by atoms with van der Waals surface area (Å²) in [6.45, 7) is 1.16.